The van der Waals surface area contributed by atoms with E-state index in [1.165, 1.54) is 5.56 Å². The smallest absolute Gasteiger partial charge is 0.229 e. The van der Waals surface area contributed by atoms with E-state index >= 15 is 0 Å². The molecule has 0 saturated carbocycles. The molecule has 0 atom stereocenters. The summed E-state index contributed by atoms with van der Waals surface area (Å²) in [7, 11) is -1.15. The Labute approximate surface area is 122 Å². The highest BCUT2D eigenvalue weighted by Crippen LogP contribution is 2.29. The molecule has 1 aromatic carbocycles. The van der Waals surface area contributed by atoms with E-state index in [0.29, 0.717) is 0 Å². The third-order valence-electron chi connectivity index (χ3n) is 2.80. The molecule has 1 aromatic heterocycles. The van der Waals surface area contributed by atoms with Crippen LogP contribution in [-0.4, -0.2) is 19.7 Å². The van der Waals surface area contributed by atoms with Crippen LogP contribution in [0, 0.1) is 6.92 Å². The molecule has 0 aliphatic heterocycles. The largest absolute Gasteiger partial charge is 0.546 e. The molecule has 0 bridgehead atoms. The summed E-state index contributed by atoms with van der Waals surface area (Å²) in [5, 5.41) is 0. The van der Waals surface area contributed by atoms with Crippen molar-refractivity contribution >= 4 is 20.4 Å². The van der Waals surface area contributed by atoms with E-state index < -0.39 is 9.04 Å². The lowest BCUT2D eigenvalue weighted by Gasteiger charge is -2.13. The van der Waals surface area contributed by atoms with Gasteiger partial charge >= 0.3 is 0 Å². The van der Waals surface area contributed by atoms with Crippen molar-refractivity contribution in [3.8, 4) is 5.75 Å². The van der Waals surface area contributed by atoms with E-state index in [1.54, 1.807) is 6.20 Å². The molecule has 3 nitrogen and oxygen atoms in total. The zero-order chi connectivity index (χ0) is 14.5. The molecule has 104 valence electrons. The SMILES string of the molecule is CC(=Nc1ccc(C)cc1O[SiH](C)C)c1ccccn1. The molecule has 20 heavy (non-hydrogen) atoms. The van der Waals surface area contributed by atoms with Crippen molar-refractivity contribution in [1.29, 1.82) is 0 Å². The van der Waals surface area contributed by atoms with E-state index in [1.807, 2.05) is 31.2 Å². The highest BCUT2D eigenvalue weighted by molar-refractivity contribution is 6.49. The monoisotopic (exact) mass is 284 g/mol. The van der Waals surface area contributed by atoms with E-state index in [4.69, 9.17) is 4.43 Å². The second-order valence-corrected chi connectivity index (χ2v) is 7.38. The van der Waals surface area contributed by atoms with Crippen LogP contribution in [0.4, 0.5) is 5.69 Å². The van der Waals surface area contributed by atoms with Gasteiger partial charge in [-0.3, -0.25) is 4.98 Å². The molecule has 0 N–H and O–H groups in total. The first-order valence-electron chi connectivity index (χ1n) is 6.80. The van der Waals surface area contributed by atoms with Gasteiger partial charge < -0.3 is 4.43 Å². The molecule has 0 unspecified atom stereocenters. The minimum absolute atomic E-state index is 0.875. The summed E-state index contributed by atoms with van der Waals surface area (Å²) in [5.41, 5.74) is 3.84. The van der Waals surface area contributed by atoms with Crippen molar-refractivity contribution in [1.82, 2.24) is 4.98 Å². The van der Waals surface area contributed by atoms with Gasteiger partial charge in [-0.05, 0) is 56.8 Å². The quantitative estimate of drug-likeness (QED) is 0.630. The van der Waals surface area contributed by atoms with Crippen LogP contribution in [0.1, 0.15) is 18.2 Å². The van der Waals surface area contributed by atoms with Crippen LogP contribution < -0.4 is 4.43 Å². The van der Waals surface area contributed by atoms with Gasteiger partial charge in [-0.25, -0.2) is 4.99 Å². The first-order chi connectivity index (χ1) is 9.56. The number of pyridine rings is 1. The normalized spacial score (nSPS) is 11.8. The Balaban J connectivity index is 2.37. The van der Waals surface area contributed by atoms with Gasteiger partial charge in [0.15, 0.2) is 0 Å². The van der Waals surface area contributed by atoms with Crippen molar-refractivity contribution in [2.24, 2.45) is 4.99 Å². The highest BCUT2D eigenvalue weighted by Gasteiger charge is 2.07. The van der Waals surface area contributed by atoms with Gasteiger partial charge in [-0.15, -0.1) is 0 Å². The Morgan fingerprint density at radius 2 is 2.00 bits per heavy atom. The molecule has 4 heteroatoms. The number of nitrogens with zero attached hydrogens (tertiary/aromatic N) is 2. The van der Waals surface area contributed by atoms with Crippen LogP contribution >= 0.6 is 0 Å². The van der Waals surface area contributed by atoms with Gasteiger partial charge in [-0.1, -0.05) is 12.1 Å². The predicted molar refractivity (Wildman–Crippen MR) is 86.8 cm³/mol. The van der Waals surface area contributed by atoms with Crippen LogP contribution in [0.25, 0.3) is 0 Å². The first kappa shape index (κ1) is 14.5. The molecular weight excluding hydrogens is 264 g/mol. The predicted octanol–water partition coefficient (Wildman–Crippen LogP) is 3.89. The Kier molecular flexibility index (Phi) is 4.68. The van der Waals surface area contributed by atoms with Crippen LogP contribution in [0.2, 0.25) is 13.1 Å². The van der Waals surface area contributed by atoms with Crippen molar-refractivity contribution in [3.05, 3.63) is 53.9 Å². The summed E-state index contributed by atoms with van der Waals surface area (Å²) in [6.07, 6.45) is 1.78. The van der Waals surface area contributed by atoms with Crippen LogP contribution in [0.3, 0.4) is 0 Å². The topological polar surface area (TPSA) is 34.5 Å². The third kappa shape index (κ3) is 3.77. The summed E-state index contributed by atoms with van der Waals surface area (Å²) >= 11 is 0. The number of hydrogen-bond acceptors (Lipinski definition) is 3. The minimum atomic E-state index is -1.15. The molecule has 0 amide bonds. The van der Waals surface area contributed by atoms with E-state index in [2.05, 4.69) is 42.1 Å². The number of aliphatic imine (C=N–C) groups is 1. The molecule has 0 saturated heterocycles. The fourth-order valence-electron chi connectivity index (χ4n) is 1.88. The maximum atomic E-state index is 5.97. The number of aryl methyl sites for hydroxylation is 1. The van der Waals surface area contributed by atoms with Crippen molar-refractivity contribution in [2.75, 3.05) is 0 Å². The van der Waals surface area contributed by atoms with Gasteiger partial charge in [0.1, 0.15) is 11.4 Å². The maximum Gasteiger partial charge on any atom is 0.229 e. The van der Waals surface area contributed by atoms with Gasteiger partial charge in [0.25, 0.3) is 0 Å². The maximum absolute atomic E-state index is 5.97. The Bertz CT molecular complexity index is 609. The second-order valence-electron chi connectivity index (χ2n) is 5.05. The van der Waals surface area contributed by atoms with Crippen LogP contribution in [0.5, 0.6) is 5.75 Å². The fourth-order valence-corrected chi connectivity index (χ4v) is 2.57. The van der Waals surface area contributed by atoms with Gasteiger partial charge in [0.05, 0.1) is 11.4 Å². The minimum Gasteiger partial charge on any atom is -0.546 e. The summed E-state index contributed by atoms with van der Waals surface area (Å²) in [6.45, 7) is 8.34. The molecule has 2 rings (SSSR count). The summed E-state index contributed by atoms with van der Waals surface area (Å²) < 4.78 is 5.97. The lowest BCUT2D eigenvalue weighted by molar-refractivity contribution is 0.581. The van der Waals surface area contributed by atoms with Crippen LogP contribution in [-0.2, 0) is 0 Å². The number of hydrogen-bond donors (Lipinski definition) is 0. The molecule has 0 radical (unpaired) electrons. The van der Waals surface area contributed by atoms with E-state index in [-0.39, 0.29) is 0 Å². The van der Waals surface area contributed by atoms with E-state index in [0.717, 1.165) is 22.8 Å². The number of benzene rings is 1. The van der Waals surface area contributed by atoms with Gasteiger partial charge in [0.2, 0.25) is 9.04 Å². The Morgan fingerprint density at radius 1 is 1.20 bits per heavy atom. The molecule has 0 aliphatic rings. The first-order valence-corrected chi connectivity index (χ1v) is 9.58. The van der Waals surface area contributed by atoms with Gasteiger partial charge in [-0.2, -0.15) is 0 Å². The second kappa shape index (κ2) is 6.48. The molecule has 0 fully saturated rings. The Hall–Kier alpha value is -1.94. The fraction of sp³-hybridized carbons (Fsp3) is 0.250. The summed E-state index contributed by atoms with van der Waals surface area (Å²) in [5.74, 6) is 0.877. The zero-order valence-electron chi connectivity index (χ0n) is 12.4. The zero-order valence-corrected chi connectivity index (χ0v) is 13.6. The molecule has 1 heterocycles. The summed E-state index contributed by atoms with van der Waals surface area (Å²) in [4.78, 5) is 8.99. The lowest BCUT2D eigenvalue weighted by atomic mass is 10.2. The Morgan fingerprint density at radius 3 is 2.65 bits per heavy atom. The average Bonchev–Trinajstić information content (AvgIpc) is 2.42. The van der Waals surface area contributed by atoms with Crippen molar-refractivity contribution in [2.45, 2.75) is 26.9 Å². The lowest BCUT2D eigenvalue weighted by Crippen LogP contribution is -2.11. The number of rotatable bonds is 4. The molecule has 2 aromatic rings. The molecule has 0 aliphatic carbocycles. The van der Waals surface area contributed by atoms with Crippen molar-refractivity contribution in [3.63, 3.8) is 0 Å². The standard InChI is InChI=1S/C16H20N2OSi/c1-12-8-9-15(16(11-12)19-20(3)4)18-13(2)14-7-5-6-10-17-14/h5-11,20H,1-4H3. The highest BCUT2D eigenvalue weighted by atomic mass is 28.3. The molecule has 0 spiro atoms. The van der Waals surface area contributed by atoms with E-state index in [9.17, 15) is 0 Å². The number of aromatic nitrogens is 1. The third-order valence-corrected chi connectivity index (χ3v) is 3.53. The van der Waals surface area contributed by atoms with Crippen molar-refractivity contribution < 1.29 is 4.43 Å². The van der Waals surface area contributed by atoms with Crippen LogP contribution in [0.15, 0.2) is 47.6 Å². The van der Waals surface area contributed by atoms with Gasteiger partial charge in [0, 0.05) is 6.20 Å². The molecular formula is C16H20N2OSi. The summed E-state index contributed by atoms with van der Waals surface area (Å²) in [6, 6.07) is 12.0. The average molecular weight is 284 g/mol.